The third kappa shape index (κ3) is 5.25. The van der Waals surface area contributed by atoms with Crippen LogP contribution in [0.1, 0.15) is 91.9 Å². The van der Waals surface area contributed by atoms with Gasteiger partial charge in [-0.05, 0) is 61.2 Å². The maximum atomic E-state index is 13.0. The number of carbonyl (C=O) groups excluding carboxylic acids is 2. The Kier molecular flexibility index (Phi) is 7.15. The number of hydrogen-bond acceptors (Lipinski definition) is 5. The summed E-state index contributed by atoms with van der Waals surface area (Å²) in [5.41, 5.74) is -0.211. The molecule has 0 aromatic carbocycles. The summed E-state index contributed by atoms with van der Waals surface area (Å²) in [6.07, 6.45) is 6.69. The Morgan fingerprint density at radius 1 is 0.788 bits per heavy atom. The van der Waals surface area contributed by atoms with E-state index in [0.717, 1.165) is 38.5 Å². The Hall–Kier alpha value is -1.18. The lowest BCUT2D eigenvalue weighted by Gasteiger charge is -2.51. The Balaban J connectivity index is 1.54. The van der Waals surface area contributed by atoms with Gasteiger partial charge < -0.3 is 25.2 Å². The second kappa shape index (κ2) is 9.46. The van der Waals surface area contributed by atoms with Gasteiger partial charge in [-0.3, -0.25) is 9.59 Å². The van der Waals surface area contributed by atoms with Crippen LogP contribution in [0.3, 0.4) is 0 Å². The maximum Gasteiger partial charge on any atom is 0.220 e. The number of nitrogens with one attached hydrogen (secondary N) is 2. The number of ether oxygens (including phenoxy) is 2. The molecule has 7 nitrogen and oxygen atoms in total. The van der Waals surface area contributed by atoms with Crippen LogP contribution in [0.5, 0.6) is 0 Å². The Labute approximate surface area is 198 Å². The average molecular weight is 465 g/mol. The minimum atomic E-state index is -0.608. The van der Waals surface area contributed by atoms with E-state index in [9.17, 15) is 14.7 Å². The second-order valence-electron chi connectivity index (χ2n) is 12.2. The predicted molar refractivity (Wildman–Crippen MR) is 125 cm³/mol. The molecule has 4 aliphatic rings. The maximum absolute atomic E-state index is 13.0. The van der Waals surface area contributed by atoms with Crippen molar-refractivity contribution in [2.24, 2.45) is 22.7 Å². The van der Waals surface area contributed by atoms with Gasteiger partial charge in [-0.15, -0.1) is 0 Å². The molecule has 2 saturated heterocycles. The van der Waals surface area contributed by atoms with Crippen LogP contribution in [-0.2, 0) is 19.1 Å². The summed E-state index contributed by atoms with van der Waals surface area (Å²) in [5, 5.41) is 17.1. The minimum absolute atomic E-state index is 0.0269. The van der Waals surface area contributed by atoms with Crippen LogP contribution in [0, 0.1) is 22.7 Å². The van der Waals surface area contributed by atoms with Gasteiger partial charge in [0, 0.05) is 37.8 Å². The molecule has 1 spiro atoms. The molecule has 4 rings (SSSR count). The molecule has 4 bridgehead atoms. The highest BCUT2D eigenvalue weighted by molar-refractivity contribution is 5.76. The average Bonchev–Trinajstić information content (AvgIpc) is 3.17. The van der Waals surface area contributed by atoms with Crippen LogP contribution in [0.4, 0.5) is 0 Å². The SMILES string of the molecule is CC1(C)[C@@H]2CCCC(=O)N[C@@H]3CC4(C[C@@H](CCCC(=O)N[C@@H]1CC(O)C2)C3(C)C)OCCO4. The molecule has 2 saturated carbocycles. The molecular weight excluding hydrogens is 420 g/mol. The normalized spacial score (nSPS) is 39.0. The van der Waals surface area contributed by atoms with Gasteiger partial charge in [0.15, 0.2) is 5.79 Å². The molecule has 1 unspecified atom stereocenters. The van der Waals surface area contributed by atoms with E-state index in [-0.39, 0.29) is 46.6 Å². The van der Waals surface area contributed by atoms with Crippen LogP contribution >= 0.6 is 0 Å². The van der Waals surface area contributed by atoms with E-state index in [4.69, 9.17) is 9.47 Å². The summed E-state index contributed by atoms with van der Waals surface area (Å²) in [5.74, 6) is 0.116. The van der Waals surface area contributed by atoms with Gasteiger partial charge in [-0.2, -0.15) is 0 Å². The number of fused-ring (bicyclic) bond motifs is 4. The Bertz CT molecular complexity index is 730. The van der Waals surface area contributed by atoms with Gasteiger partial charge in [0.25, 0.3) is 0 Å². The number of rotatable bonds is 0. The van der Waals surface area contributed by atoms with Crippen molar-refractivity contribution in [2.45, 2.75) is 116 Å². The van der Waals surface area contributed by atoms with Crippen molar-refractivity contribution < 1.29 is 24.2 Å². The molecule has 5 atom stereocenters. The Morgan fingerprint density at radius 3 is 1.97 bits per heavy atom. The lowest BCUT2D eigenvalue weighted by Crippen LogP contribution is -2.58. The summed E-state index contributed by atoms with van der Waals surface area (Å²) >= 11 is 0. The zero-order chi connectivity index (χ0) is 23.9. The molecule has 3 N–H and O–H groups in total. The first-order valence-corrected chi connectivity index (χ1v) is 13.1. The van der Waals surface area contributed by atoms with Gasteiger partial charge >= 0.3 is 0 Å². The van der Waals surface area contributed by atoms with E-state index >= 15 is 0 Å². The number of hydrogen-bond donors (Lipinski definition) is 3. The van der Waals surface area contributed by atoms with Gasteiger partial charge in [-0.1, -0.05) is 27.7 Å². The van der Waals surface area contributed by atoms with Crippen LogP contribution in [-0.4, -0.2) is 54.1 Å². The molecule has 4 fully saturated rings. The highest BCUT2D eigenvalue weighted by Gasteiger charge is 2.53. The summed E-state index contributed by atoms with van der Waals surface area (Å²) in [6, 6.07) is -0.0690. The zero-order valence-corrected chi connectivity index (χ0v) is 21.0. The van der Waals surface area contributed by atoms with Crippen molar-refractivity contribution in [3.8, 4) is 0 Å². The number of aliphatic hydroxyl groups excluding tert-OH is 1. The van der Waals surface area contributed by atoms with E-state index in [2.05, 4.69) is 38.3 Å². The van der Waals surface area contributed by atoms with E-state index in [1.807, 2.05) is 0 Å². The van der Waals surface area contributed by atoms with Crippen molar-refractivity contribution in [3.63, 3.8) is 0 Å². The third-order valence-corrected chi connectivity index (χ3v) is 9.43. The first-order valence-electron chi connectivity index (χ1n) is 13.1. The fourth-order valence-corrected chi connectivity index (χ4v) is 6.90. The predicted octanol–water partition coefficient (Wildman–Crippen LogP) is 3.29. The molecule has 2 aliphatic carbocycles. The topological polar surface area (TPSA) is 96.9 Å². The van der Waals surface area contributed by atoms with Crippen LogP contribution in [0.25, 0.3) is 0 Å². The molecule has 0 aromatic heterocycles. The number of carbonyl (C=O) groups is 2. The molecule has 2 aliphatic heterocycles. The molecule has 33 heavy (non-hydrogen) atoms. The summed E-state index contributed by atoms with van der Waals surface area (Å²) in [7, 11) is 0. The minimum Gasteiger partial charge on any atom is -0.393 e. The highest BCUT2D eigenvalue weighted by Crippen LogP contribution is 2.50. The molecule has 7 heteroatoms. The van der Waals surface area contributed by atoms with Crippen LogP contribution in [0.2, 0.25) is 0 Å². The number of amides is 2. The van der Waals surface area contributed by atoms with Crippen molar-refractivity contribution in [1.82, 2.24) is 10.6 Å². The fraction of sp³-hybridized carbons (Fsp3) is 0.923. The molecule has 2 heterocycles. The molecule has 2 amide bonds. The van der Waals surface area contributed by atoms with Crippen molar-refractivity contribution >= 4 is 11.8 Å². The molecule has 0 radical (unpaired) electrons. The summed E-state index contributed by atoms with van der Waals surface area (Å²) in [6.45, 7) is 10.1. The summed E-state index contributed by atoms with van der Waals surface area (Å²) in [4.78, 5) is 25.9. The standard InChI is InChI=1S/C26H44N2O5/c1-24(2)17-7-5-9-23(31)28-21-16-26(32-11-12-33-26)15-18(25(21,3)4)8-6-10-22(30)27-20(24)14-19(29)13-17/h17-21,29H,5-16H2,1-4H3,(H,27,30)(H,28,31)/t17-,18-,19?,20-,21-/m1/s1. The van der Waals surface area contributed by atoms with Gasteiger partial charge in [0.1, 0.15) is 0 Å². The summed E-state index contributed by atoms with van der Waals surface area (Å²) < 4.78 is 12.2. The Morgan fingerprint density at radius 2 is 1.33 bits per heavy atom. The number of aliphatic hydroxyl groups is 1. The lowest BCUT2D eigenvalue weighted by molar-refractivity contribution is -0.213. The molecule has 188 valence electrons. The van der Waals surface area contributed by atoms with Crippen LogP contribution < -0.4 is 10.6 Å². The van der Waals surface area contributed by atoms with Crippen molar-refractivity contribution in [1.29, 1.82) is 0 Å². The molecule has 0 aromatic rings. The van der Waals surface area contributed by atoms with Crippen molar-refractivity contribution in [3.05, 3.63) is 0 Å². The molecular formula is C26H44N2O5. The first kappa shape index (κ1) is 24.9. The fourth-order valence-electron chi connectivity index (χ4n) is 6.90. The van der Waals surface area contributed by atoms with E-state index < -0.39 is 11.9 Å². The van der Waals surface area contributed by atoms with Gasteiger partial charge in [-0.25, -0.2) is 0 Å². The third-order valence-electron chi connectivity index (χ3n) is 9.43. The second-order valence-corrected chi connectivity index (χ2v) is 12.2. The monoisotopic (exact) mass is 464 g/mol. The highest BCUT2D eigenvalue weighted by atomic mass is 16.7. The smallest absolute Gasteiger partial charge is 0.220 e. The quantitative estimate of drug-likeness (QED) is 0.511. The van der Waals surface area contributed by atoms with E-state index in [1.165, 1.54) is 0 Å². The van der Waals surface area contributed by atoms with Crippen molar-refractivity contribution in [2.75, 3.05) is 13.2 Å². The van der Waals surface area contributed by atoms with Crippen LogP contribution in [0.15, 0.2) is 0 Å². The van der Waals surface area contributed by atoms with E-state index in [0.29, 0.717) is 38.9 Å². The first-order chi connectivity index (χ1) is 15.5. The van der Waals surface area contributed by atoms with Gasteiger partial charge in [0.05, 0.1) is 19.3 Å². The van der Waals surface area contributed by atoms with Gasteiger partial charge in [0.2, 0.25) is 11.8 Å². The van der Waals surface area contributed by atoms with E-state index in [1.54, 1.807) is 0 Å². The lowest BCUT2D eigenvalue weighted by atomic mass is 9.62. The zero-order valence-electron chi connectivity index (χ0n) is 21.0. The largest absolute Gasteiger partial charge is 0.393 e.